The van der Waals surface area contributed by atoms with Crippen LogP contribution in [0.5, 0.6) is 0 Å². The van der Waals surface area contributed by atoms with Crippen LogP contribution in [0.15, 0.2) is 12.2 Å². The molecular weight excluding hydrogens is 286 g/mol. The molecule has 21 heavy (non-hydrogen) atoms. The number of halogens is 1. The molecule has 4 heteroatoms. The molecule has 0 heterocycles. The molecular formula is C17H36ClNO2. The fourth-order valence-corrected chi connectivity index (χ4v) is 2.24. The van der Waals surface area contributed by atoms with Crippen molar-refractivity contribution in [1.29, 1.82) is 0 Å². The maximum absolute atomic E-state index is 9.06. The molecule has 0 bridgehead atoms. The number of unbranched alkanes of at least 4 members (excludes halogenated alkanes) is 8. The van der Waals surface area contributed by atoms with Gasteiger partial charge in [-0.05, 0) is 32.1 Å². The van der Waals surface area contributed by atoms with Crippen molar-refractivity contribution in [1.82, 2.24) is 0 Å². The number of aliphatic hydroxyl groups is 2. The number of hydrogen-bond donors (Lipinski definition) is 3. The van der Waals surface area contributed by atoms with Gasteiger partial charge in [0.2, 0.25) is 0 Å². The molecule has 0 saturated carbocycles. The predicted octanol–water partition coefficient (Wildman–Crippen LogP) is 3.96. The van der Waals surface area contributed by atoms with Crippen molar-refractivity contribution in [2.24, 2.45) is 5.73 Å². The van der Waals surface area contributed by atoms with E-state index in [1.54, 1.807) is 0 Å². The summed E-state index contributed by atoms with van der Waals surface area (Å²) in [5, 5.41) is 18.1. The van der Waals surface area contributed by atoms with Crippen LogP contribution in [-0.2, 0) is 0 Å². The first-order chi connectivity index (χ1) is 9.68. The molecule has 0 aliphatic heterocycles. The third-order valence-electron chi connectivity index (χ3n) is 3.82. The van der Waals surface area contributed by atoms with Gasteiger partial charge in [-0.1, -0.05) is 57.6 Å². The largest absolute Gasteiger partial charge is 0.394 e. The van der Waals surface area contributed by atoms with Gasteiger partial charge in [0.25, 0.3) is 0 Å². The zero-order chi connectivity index (χ0) is 15.1. The summed E-state index contributed by atoms with van der Waals surface area (Å²) < 4.78 is 0. The smallest absolute Gasteiger partial charge is 0.0633 e. The van der Waals surface area contributed by atoms with Gasteiger partial charge in [0.1, 0.15) is 0 Å². The van der Waals surface area contributed by atoms with Gasteiger partial charge in [0.15, 0.2) is 0 Å². The molecule has 0 saturated heterocycles. The van der Waals surface area contributed by atoms with E-state index in [1.165, 1.54) is 51.4 Å². The number of nitrogens with two attached hydrogens (primary N) is 1. The Morgan fingerprint density at radius 3 is 1.81 bits per heavy atom. The van der Waals surface area contributed by atoms with Gasteiger partial charge in [0, 0.05) is 0 Å². The Balaban J connectivity index is 0. The van der Waals surface area contributed by atoms with Gasteiger partial charge in [-0.2, -0.15) is 0 Å². The fraction of sp³-hybridized carbons (Fsp3) is 0.882. The number of allylic oxidation sites excluding steroid dienone is 2. The summed E-state index contributed by atoms with van der Waals surface area (Å²) in [5.74, 6) is 0. The molecule has 4 N–H and O–H groups in total. The molecule has 0 aliphatic carbocycles. The maximum atomic E-state index is 9.06. The van der Waals surface area contributed by atoms with E-state index in [4.69, 9.17) is 15.9 Å². The first-order valence-corrected chi connectivity index (χ1v) is 8.34. The van der Waals surface area contributed by atoms with Crippen molar-refractivity contribution in [2.45, 2.75) is 83.1 Å². The molecule has 0 radical (unpaired) electrons. The van der Waals surface area contributed by atoms with Crippen molar-refractivity contribution in [3.63, 3.8) is 0 Å². The van der Waals surface area contributed by atoms with Gasteiger partial charge in [-0.3, -0.25) is 0 Å². The van der Waals surface area contributed by atoms with E-state index in [9.17, 15) is 0 Å². The monoisotopic (exact) mass is 321 g/mol. The summed E-state index contributed by atoms with van der Waals surface area (Å²) in [6.45, 7) is 1.96. The van der Waals surface area contributed by atoms with Gasteiger partial charge in [-0.25, -0.2) is 0 Å². The summed E-state index contributed by atoms with van der Waals surface area (Å²) in [4.78, 5) is 0. The summed E-state index contributed by atoms with van der Waals surface area (Å²) >= 11 is 0. The Kier molecular flexibility index (Phi) is 18.0. The van der Waals surface area contributed by atoms with E-state index >= 15 is 0 Å². The van der Waals surface area contributed by atoms with Crippen LogP contribution in [0.3, 0.4) is 0 Å². The molecule has 0 aliphatic rings. The average Bonchev–Trinajstić information content (AvgIpc) is 2.48. The Hall–Kier alpha value is -0.0900. The molecule has 0 atom stereocenters. The number of aliphatic hydroxyl groups excluding tert-OH is 2. The minimum absolute atomic E-state index is 0. The molecule has 3 nitrogen and oxygen atoms in total. The van der Waals surface area contributed by atoms with Crippen LogP contribution in [0, 0.1) is 0 Å². The highest BCUT2D eigenvalue weighted by atomic mass is 35.5. The van der Waals surface area contributed by atoms with Gasteiger partial charge >= 0.3 is 0 Å². The zero-order valence-electron chi connectivity index (χ0n) is 13.7. The van der Waals surface area contributed by atoms with Crippen molar-refractivity contribution < 1.29 is 10.2 Å². The SMILES string of the molecule is CCCCCCCCC/C=C/CCCC(N)(CO)CO.Cl. The lowest BCUT2D eigenvalue weighted by atomic mass is 9.96. The van der Waals surface area contributed by atoms with E-state index in [0.717, 1.165) is 12.8 Å². The van der Waals surface area contributed by atoms with Crippen molar-refractivity contribution >= 4 is 12.4 Å². The van der Waals surface area contributed by atoms with Crippen molar-refractivity contribution in [3.05, 3.63) is 12.2 Å². The maximum Gasteiger partial charge on any atom is 0.0633 e. The summed E-state index contributed by atoms with van der Waals surface area (Å²) in [7, 11) is 0. The first-order valence-electron chi connectivity index (χ1n) is 8.34. The quantitative estimate of drug-likeness (QED) is 0.335. The third kappa shape index (κ3) is 14.6. The van der Waals surface area contributed by atoms with Crippen LogP contribution in [0.2, 0.25) is 0 Å². The Morgan fingerprint density at radius 1 is 0.810 bits per heavy atom. The highest BCUT2D eigenvalue weighted by molar-refractivity contribution is 5.85. The topological polar surface area (TPSA) is 66.5 Å². The van der Waals surface area contributed by atoms with E-state index in [-0.39, 0.29) is 25.6 Å². The summed E-state index contributed by atoms with van der Waals surface area (Å²) in [5.41, 5.74) is 5.00. The molecule has 0 aromatic carbocycles. The van der Waals surface area contributed by atoms with E-state index in [0.29, 0.717) is 6.42 Å². The van der Waals surface area contributed by atoms with Crippen LogP contribution in [0.1, 0.15) is 77.6 Å². The minimum Gasteiger partial charge on any atom is -0.394 e. The predicted molar refractivity (Wildman–Crippen MR) is 93.9 cm³/mol. The Labute approximate surface area is 137 Å². The third-order valence-corrected chi connectivity index (χ3v) is 3.82. The fourth-order valence-electron chi connectivity index (χ4n) is 2.24. The van der Waals surface area contributed by atoms with Gasteiger partial charge in [-0.15, -0.1) is 12.4 Å². The van der Waals surface area contributed by atoms with Crippen LogP contribution >= 0.6 is 12.4 Å². The van der Waals surface area contributed by atoms with Gasteiger partial charge in [0.05, 0.1) is 18.8 Å². The lowest BCUT2D eigenvalue weighted by Gasteiger charge is -2.23. The normalized spacial score (nSPS) is 11.8. The van der Waals surface area contributed by atoms with Crippen LogP contribution in [-0.4, -0.2) is 29.0 Å². The van der Waals surface area contributed by atoms with Gasteiger partial charge < -0.3 is 15.9 Å². The molecule has 0 fully saturated rings. The Morgan fingerprint density at radius 2 is 1.29 bits per heavy atom. The van der Waals surface area contributed by atoms with E-state index in [2.05, 4.69) is 19.1 Å². The number of hydrogen-bond acceptors (Lipinski definition) is 3. The highest BCUT2D eigenvalue weighted by Crippen LogP contribution is 2.11. The highest BCUT2D eigenvalue weighted by Gasteiger charge is 2.21. The minimum atomic E-state index is -0.799. The molecule has 128 valence electrons. The molecule has 0 rings (SSSR count). The second-order valence-electron chi connectivity index (χ2n) is 5.95. The second-order valence-corrected chi connectivity index (χ2v) is 5.95. The average molecular weight is 322 g/mol. The summed E-state index contributed by atoms with van der Waals surface area (Å²) in [6, 6.07) is 0. The molecule has 0 aromatic heterocycles. The van der Waals surface area contributed by atoms with E-state index in [1.807, 2.05) is 0 Å². The second kappa shape index (κ2) is 16.3. The summed E-state index contributed by atoms with van der Waals surface area (Å²) in [6.07, 6.45) is 17.7. The zero-order valence-corrected chi connectivity index (χ0v) is 14.5. The van der Waals surface area contributed by atoms with Crippen molar-refractivity contribution in [3.8, 4) is 0 Å². The first kappa shape index (κ1) is 23.2. The van der Waals surface area contributed by atoms with Crippen LogP contribution in [0.25, 0.3) is 0 Å². The standard InChI is InChI=1S/C17H35NO2.ClH/c1-2-3-4-5-6-7-8-9-10-11-12-13-14-17(18,15-19)16-20;/h10-11,19-20H,2-9,12-16,18H2,1H3;1H/b11-10+;. The van der Waals surface area contributed by atoms with E-state index < -0.39 is 5.54 Å². The van der Waals surface area contributed by atoms with Crippen LogP contribution < -0.4 is 5.73 Å². The lowest BCUT2D eigenvalue weighted by Crippen LogP contribution is -2.47. The molecule has 0 unspecified atom stereocenters. The van der Waals surface area contributed by atoms with Crippen molar-refractivity contribution in [2.75, 3.05) is 13.2 Å². The van der Waals surface area contributed by atoms with Crippen LogP contribution in [0.4, 0.5) is 0 Å². The number of rotatable bonds is 14. The molecule has 0 spiro atoms. The molecule has 0 amide bonds. The Bertz CT molecular complexity index is 231. The lowest BCUT2D eigenvalue weighted by molar-refractivity contribution is 0.113. The molecule has 0 aromatic rings.